The van der Waals surface area contributed by atoms with E-state index in [2.05, 4.69) is 44.4 Å². The van der Waals surface area contributed by atoms with Crippen LogP contribution >= 0.6 is 11.8 Å². The summed E-state index contributed by atoms with van der Waals surface area (Å²) in [5.41, 5.74) is 6.33. The van der Waals surface area contributed by atoms with E-state index in [4.69, 9.17) is 5.73 Å². The second-order valence-corrected chi connectivity index (χ2v) is 7.53. The minimum Gasteiger partial charge on any atom is -0.330 e. The van der Waals surface area contributed by atoms with Gasteiger partial charge in [0.05, 0.1) is 0 Å². The summed E-state index contributed by atoms with van der Waals surface area (Å²) < 4.78 is 0.417. The molecule has 0 spiro atoms. The molecule has 1 aliphatic rings. The molecule has 0 unspecified atom stereocenters. The van der Waals surface area contributed by atoms with E-state index < -0.39 is 0 Å². The summed E-state index contributed by atoms with van der Waals surface area (Å²) in [5, 5.41) is 0. The molecule has 0 aromatic heterocycles. The maximum absolute atomic E-state index is 5.98. The summed E-state index contributed by atoms with van der Waals surface area (Å²) in [7, 11) is 0. The fourth-order valence-corrected chi connectivity index (χ4v) is 3.73. The van der Waals surface area contributed by atoms with E-state index in [1.807, 2.05) is 0 Å². The Labute approximate surface area is 105 Å². The van der Waals surface area contributed by atoms with Gasteiger partial charge in [-0.25, -0.2) is 0 Å². The molecular formula is C13H28N2S. The Morgan fingerprint density at radius 2 is 1.94 bits per heavy atom. The highest BCUT2D eigenvalue weighted by molar-refractivity contribution is 8.00. The highest BCUT2D eigenvalue weighted by Crippen LogP contribution is 2.33. The lowest BCUT2D eigenvalue weighted by molar-refractivity contribution is 0.139. The van der Waals surface area contributed by atoms with Gasteiger partial charge in [0.1, 0.15) is 0 Å². The zero-order valence-electron chi connectivity index (χ0n) is 11.4. The smallest absolute Gasteiger partial charge is 0.0231 e. The molecule has 2 N–H and O–H groups in total. The first-order valence-electron chi connectivity index (χ1n) is 6.53. The number of hydrogen-bond acceptors (Lipinski definition) is 3. The second kappa shape index (κ2) is 5.74. The van der Waals surface area contributed by atoms with Crippen molar-refractivity contribution in [2.24, 2.45) is 11.1 Å². The molecule has 0 atom stereocenters. The molecule has 1 heterocycles. The monoisotopic (exact) mass is 244 g/mol. The van der Waals surface area contributed by atoms with Crippen molar-refractivity contribution >= 4 is 11.8 Å². The summed E-state index contributed by atoms with van der Waals surface area (Å²) in [6.45, 7) is 13.7. The van der Waals surface area contributed by atoms with Gasteiger partial charge in [-0.1, -0.05) is 13.8 Å². The van der Waals surface area contributed by atoms with Gasteiger partial charge < -0.3 is 10.6 Å². The van der Waals surface area contributed by atoms with Crippen LogP contribution in [0.1, 0.15) is 40.5 Å². The predicted octanol–water partition coefficient (Wildman–Crippen LogP) is 2.58. The van der Waals surface area contributed by atoms with E-state index in [9.17, 15) is 0 Å². The molecule has 16 heavy (non-hydrogen) atoms. The molecule has 2 nitrogen and oxygen atoms in total. The lowest BCUT2D eigenvalue weighted by Gasteiger charge is -2.43. The first-order valence-corrected chi connectivity index (χ1v) is 7.52. The molecule has 0 amide bonds. The normalized spacial score (nSPS) is 22.3. The molecule has 3 heteroatoms. The summed E-state index contributed by atoms with van der Waals surface area (Å²) in [6, 6.07) is 0. The minimum atomic E-state index is 0.345. The Balaban J connectivity index is 2.58. The van der Waals surface area contributed by atoms with Crippen molar-refractivity contribution in [2.75, 3.05) is 31.9 Å². The lowest BCUT2D eigenvalue weighted by atomic mass is 9.81. The van der Waals surface area contributed by atoms with Crippen molar-refractivity contribution in [3.05, 3.63) is 0 Å². The van der Waals surface area contributed by atoms with Crippen LogP contribution < -0.4 is 5.73 Å². The Bertz CT molecular complexity index is 204. The third kappa shape index (κ3) is 3.64. The summed E-state index contributed by atoms with van der Waals surface area (Å²) in [4.78, 5) is 2.62. The summed E-state index contributed by atoms with van der Waals surface area (Å²) in [5.74, 6) is 1.26. The van der Waals surface area contributed by atoms with Crippen LogP contribution in [0.5, 0.6) is 0 Å². The van der Waals surface area contributed by atoms with Crippen LogP contribution in [0.15, 0.2) is 0 Å². The standard InChI is InChI=1S/C13H28N2S/c1-5-13(6-2,9-14)11-15-7-8-16-12(3,4)10-15/h5-11,14H2,1-4H3. The first kappa shape index (κ1) is 14.3. The zero-order valence-corrected chi connectivity index (χ0v) is 12.2. The van der Waals surface area contributed by atoms with E-state index in [0.717, 1.165) is 6.54 Å². The second-order valence-electron chi connectivity index (χ2n) is 5.73. The topological polar surface area (TPSA) is 29.3 Å². The van der Waals surface area contributed by atoms with Gasteiger partial charge in [0, 0.05) is 30.1 Å². The van der Waals surface area contributed by atoms with Gasteiger partial charge in [0.25, 0.3) is 0 Å². The van der Waals surface area contributed by atoms with Crippen molar-refractivity contribution in [3.63, 3.8) is 0 Å². The van der Waals surface area contributed by atoms with Gasteiger partial charge in [0.2, 0.25) is 0 Å². The van der Waals surface area contributed by atoms with Crippen LogP contribution in [-0.4, -0.2) is 41.6 Å². The molecule has 0 aromatic carbocycles. The number of nitrogens with two attached hydrogens (primary N) is 1. The van der Waals surface area contributed by atoms with Crippen LogP contribution in [0.25, 0.3) is 0 Å². The Morgan fingerprint density at radius 3 is 2.38 bits per heavy atom. The molecule has 96 valence electrons. The first-order chi connectivity index (χ1) is 7.47. The quantitative estimate of drug-likeness (QED) is 0.806. The molecule has 0 saturated carbocycles. The molecule has 0 radical (unpaired) electrons. The van der Waals surface area contributed by atoms with E-state index in [-0.39, 0.29) is 0 Å². The average Bonchev–Trinajstić information content (AvgIpc) is 2.25. The van der Waals surface area contributed by atoms with Crippen molar-refractivity contribution in [3.8, 4) is 0 Å². The van der Waals surface area contributed by atoms with Crippen molar-refractivity contribution in [1.82, 2.24) is 4.90 Å². The Morgan fingerprint density at radius 1 is 1.31 bits per heavy atom. The summed E-state index contributed by atoms with van der Waals surface area (Å²) >= 11 is 2.10. The van der Waals surface area contributed by atoms with E-state index >= 15 is 0 Å². The number of hydrogen-bond donors (Lipinski definition) is 1. The highest BCUT2D eigenvalue weighted by atomic mass is 32.2. The van der Waals surface area contributed by atoms with Gasteiger partial charge in [-0.3, -0.25) is 0 Å². The van der Waals surface area contributed by atoms with Crippen LogP contribution in [0.3, 0.4) is 0 Å². The van der Waals surface area contributed by atoms with Crippen LogP contribution in [0, 0.1) is 5.41 Å². The number of nitrogens with zero attached hydrogens (tertiary/aromatic N) is 1. The fourth-order valence-electron chi connectivity index (χ4n) is 2.55. The number of rotatable bonds is 5. The van der Waals surface area contributed by atoms with Crippen molar-refractivity contribution in [2.45, 2.75) is 45.3 Å². The van der Waals surface area contributed by atoms with E-state index in [1.165, 1.54) is 38.2 Å². The van der Waals surface area contributed by atoms with Gasteiger partial charge in [-0.15, -0.1) is 0 Å². The van der Waals surface area contributed by atoms with E-state index in [1.54, 1.807) is 0 Å². The van der Waals surface area contributed by atoms with Gasteiger partial charge in [-0.2, -0.15) is 11.8 Å². The Kier molecular flexibility index (Phi) is 5.14. The number of thioether (sulfide) groups is 1. The van der Waals surface area contributed by atoms with E-state index in [0.29, 0.717) is 10.2 Å². The SMILES string of the molecule is CCC(CC)(CN)CN1CCSC(C)(C)C1. The maximum atomic E-state index is 5.98. The van der Waals surface area contributed by atoms with Crippen LogP contribution in [0.2, 0.25) is 0 Å². The van der Waals surface area contributed by atoms with Gasteiger partial charge in [0.15, 0.2) is 0 Å². The predicted molar refractivity (Wildman–Crippen MR) is 75.0 cm³/mol. The van der Waals surface area contributed by atoms with Crippen molar-refractivity contribution in [1.29, 1.82) is 0 Å². The minimum absolute atomic E-state index is 0.345. The molecule has 1 fully saturated rings. The third-order valence-electron chi connectivity index (χ3n) is 4.00. The summed E-state index contributed by atoms with van der Waals surface area (Å²) in [6.07, 6.45) is 2.40. The Hall–Kier alpha value is 0.270. The molecular weight excluding hydrogens is 216 g/mol. The highest BCUT2D eigenvalue weighted by Gasteiger charge is 2.32. The molecule has 0 aliphatic carbocycles. The maximum Gasteiger partial charge on any atom is 0.0231 e. The third-order valence-corrected chi connectivity index (χ3v) is 5.29. The lowest BCUT2D eigenvalue weighted by Crippen LogP contribution is -2.49. The zero-order chi connectivity index (χ0) is 12.2. The van der Waals surface area contributed by atoms with Gasteiger partial charge >= 0.3 is 0 Å². The van der Waals surface area contributed by atoms with Crippen LogP contribution in [0.4, 0.5) is 0 Å². The molecule has 0 bridgehead atoms. The fraction of sp³-hybridized carbons (Fsp3) is 1.00. The van der Waals surface area contributed by atoms with Crippen molar-refractivity contribution < 1.29 is 0 Å². The van der Waals surface area contributed by atoms with Crippen LogP contribution in [-0.2, 0) is 0 Å². The largest absolute Gasteiger partial charge is 0.330 e. The van der Waals surface area contributed by atoms with Gasteiger partial charge in [-0.05, 0) is 38.6 Å². The average molecular weight is 244 g/mol. The molecule has 1 rings (SSSR count). The molecule has 0 aromatic rings. The molecule has 1 aliphatic heterocycles. The molecule has 1 saturated heterocycles.